The topological polar surface area (TPSA) is 78.5 Å². The highest BCUT2D eigenvalue weighted by Gasteiger charge is 2.55. The number of nitrogens with one attached hydrogen (secondary N) is 2. The molecular weight excluding hydrogens is 186 g/mol. The third kappa shape index (κ3) is 1.07. The maximum atomic E-state index is 11.3. The molecule has 2 N–H and O–H groups in total. The first-order valence-electron chi connectivity index (χ1n) is 4.49. The lowest BCUT2D eigenvalue weighted by atomic mass is 9.90. The van der Waals surface area contributed by atoms with Gasteiger partial charge in [0.05, 0.1) is 13.1 Å². The van der Waals surface area contributed by atoms with E-state index in [9.17, 15) is 14.4 Å². The summed E-state index contributed by atoms with van der Waals surface area (Å²) in [5.41, 5.74) is -0.845. The van der Waals surface area contributed by atoms with Gasteiger partial charge in [-0.05, 0) is 0 Å². The monoisotopic (exact) mass is 197 g/mol. The van der Waals surface area contributed by atoms with Crippen molar-refractivity contribution in [2.45, 2.75) is 18.9 Å². The molecule has 0 atom stereocenters. The van der Waals surface area contributed by atoms with Gasteiger partial charge in [0, 0.05) is 6.42 Å². The second-order valence-corrected chi connectivity index (χ2v) is 3.59. The summed E-state index contributed by atoms with van der Waals surface area (Å²) in [4.78, 5) is 34.9. The number of urea groups is 1. The Bertz CT molecular complexity index is 320. The number of hydrogen-bond acceptors (Lipinski definition) is 3. The van der Waals surface area contributed by atoms with Crippen molar-refractivity contribution in [2.24, 2.45) is 0 Å². The van der Waals surface area contributed by atoms with E-state index in [1.165, 1.54) is 0 Å². The van der Waals surface area contributed by atoms with Crippen LogP contribution in [0.5, 0.6) is 0 Å². The predicted octanol–water partition coefficient (Wildman–Crippen LogP) is -1.18. The molecule has 2 rings (SSSR count). The number of carbonyl (C=O) groups excluding carboxylic acids is 3. The van der Waals surface area contributed by atoms with Gasteiger partial charge in [0.1, 0.15) is 0 Å². The minimum Gasteiger partial charge on any atom is -0.337 e. The van der Waals surface area contributed by atoms with E-state index < -0.39 is 11.6 Å². The van der Waals surface area contributed by atoms with Gasteiger partial charge >= 0.3 is 6.03 Å². The highest BCUT2D eigenvalue weighted by Crippen LogP contribution is 2.24. The summed E-state index contributed by atoms with van der Waals surface area (Å²) >= 11 is 0. The molecule has 0 aromatic heterocycles. The van der Waals surface area contributed by atoms with Crippen LogP contribution in [0.2, 0.25) is 0 Å². The molecule has 2 heterocycles. The Hall–Kier alpha value is -1.59. The molecule has 6 heteroatoms. The zero-order chi connectivity index (χ0) is 10.3. The van der Waals surface area contributed by atoms with Crippen LogP contribution in [-0.2, 0) is 9.59 Å². The van der Waals surface area contributed by atoms with Gasteiger partial charge in [-0.1, -0.05) is 6.92 Å². The van der Waals surface area contributed by atoms with Gasteiger partial charge in [0.25, 0.3) is 5.91 Å². The molecule has 4 amide bonds. The van der Waals surface area contributed by atoms with Crippen LogP contribution in [0.1, 0.15) is 13.3 Å². The molecule has 2 saturated heterocycles. The average Bonchev–Trinajstić information content (AvgIpc) is 2.37. The van der Waals surface area contributed by atoms with E-state index in [0.29, 0.717) is 6.42 Å². The first-order valence-corrected chi connectivity index (χ1v) is 4.49. The third-order valence-corrected chi connectivity index (χ3v) is 2.59. The van der Waals surface area contributed by atoms with Crippen LogP contribution in [-0.4, -0.2) is 41.4 Å². The SMILES string of the molecule is CCC(=O)N1CC2(C1)NC(=O)NC2=O. The molecule has 0 radical (unpaired) electrons. The largest absolute Gasteiger partial charge is 0.337 e. The zero-order valence-corrected chi connectivity index (χ0v) is 7.79. The summed E-state index contributed by atoms with van der Waals surface area (Å²) in [6.45, 7) is 2.34. The predicted molar refractivity (Wildman–Crippen MR) is 46.3 cm³/mol. The molecule has 76 valence electrons. The maximum Gasteiger partial charge on any atom is 0.322 e. The molecule has 0 aromatic carbocycles. The molecule has 14 heavy (non-hydrogen) atoms. The average molecular weight is 197 g/mol. The molecular formula is C8H11N3O3. The van der Waals surface area contributed by atoms with Gasteiger partial charge in [-0.2, -0.15) is 0 Å². The van der Waals surface area contributed by atoms with Crippen LogP contribution in [0.25, 0.3) is 0 Å². The van der Waals surface area contributed by atoms with Crippen molar-refractivity contribution in [1.82, 2.24) is 15.5 Å². The van der Waals surface area contributed by atoms with Crippen molar-refractivity contribution >= 4 is 17.8 Å². The van der Waals surface area contributed by atoms with Gasteiger partial charge in [-0.25, -0.2) is 4.79 Å². The van der Waals surface area contributed by atoms with E-state index in [-0.39, 0.29) is 24.9 Å². The van der Waals surface area contributed by atoms with E-state index in [1.54, 1.807) is 11.8 Å². The minimum atomic E-state index is -0.845. The smallest absolute Gasteiger partial charge is 0.322 e. The van der Waals surface area contributed by atoms with Crippen molar-refractivity contribution < 1.29 is 14.4 Å². The van der Waals surface area contributed by atoms with Gasteiger partial charge in [-0.3, -0.25) is 14.9 Å². The normalized spacial score (nSPS) is 23.1. The standard InChI is InChI=1S/C8H11N3O3/c1-2-5(12)11-3-8(4-11)6(13)9-7(14)10-8/h2-4H2,1H3,(H2,9,10,13,14). The summed E-state index contributed by atoms with van der Waals surface area (Å²) in [6.07, 6.45) is 0.422. The lowest BCUT2D eigenvalue weighted by Gasteiger charge is -2.45. The Morgan fingerprint density at radius 2 is 2.14 bits per heavy atom. The zero-order valence-electron chi connectivity index (χ0n) is 7.79. The van der Waals surface area contributed by atoms with Gasteiger partial charge in [-0.15, -0.1) is 0 Å². The molecule has 0 aromatic rings. The second kappa shape index (κ2) is 2.70. The van der Waals surface area contributed by atoms with Crippen LogP contribution >= 0.6 is 0 Å². The van der Waals surface area contributed by atoms with E-state index in [4.69, 9.17) is 0 Å². The first kappa shape index (κ1) is 8.98. The summed E-state index contributed by atoms with van der Waals surface area (Å²) in [7, 11) is 0. The van der Waals surface area contributed by atoms with Crippen molar-refractivity contribution in [2.75, 3.05) is 13.1 Å². The number of hydrogen-bond donors (Lipinski definition) is 2. The highest BCUT2D eigenvalue weighted by molar-refractivity contribution is 6.08. The summed E-state index contributed by atoms with van der Waals surface area (Å²) in [5, 5.41) is 4.69. The maximum absolute atomic E-state index is 11.3. The Labute approximate surface area is 80.6 Å². The second-order valence-electron chi connectivity index (χ2n) is 3.59. The molecule has 0 bridgehead atoms. The van der Waals surface area contributed by atoms with Crippen molar-refractivity contribution in [3.63, 3.8) is 0 Å². The van der Waals surface area contributed by atoms with Crippen LogP contribution in [0.15, 0.2) is 0 Å². The number of amides is 4. The van der Waals surface area contributed by atoms with E-state index in [0.717, 1.165) is 0 Å². The van der Waals surface area contributed by atoms with Crippen molar-refractivity contribution in [3.8, 4) is 0 Å². The fourth-order valence-electron chi connectivity index (χ4n) is 1.76. The van der Waals surface area contributed by atoms with Crippen LogP contribution in [0.3, 0.4) is 0 Å². The van der Waals surface area contributed by atoms with Crippen LogP contribution < -0.4 is 10.6 Å². The van der Waals surface area contributed by atoms with Crippen LogP contribution in [0.4, 0.5) is 4.79 Å². The Balaban J connectivity index is 2.02. The van der Waals surface area contributed by atoms with Crippen molar-refractivity contribution in [3.05, 3.63) is 0 Å². The lowest BCUT2D eigenvalue weighted by Crippen LogP contribution is -2.71. The number of carbonyl (C=O) groups is 3. The molecule has 2 aliphatic heterocycles. The van der Waals surface area contributed by atoms with Crippen LogP contribution in [0, 0.1) is 0 Å². The van der Waals surface area contributed by atoms with E-state index in [2.05, 4.69) is 10.6 Å². The molecule has 0 aliphatic carbocycles. The number of likely N-dealkylation sites (tertiary alicyclic amines) is 1. The number of rotatable bonds is 1. The molecule has 6 nitrogen and oxygen atoms in total. The minimum absolute atomic E-state index is 0.00424. The van der Waals surface area contributed by atoms with Gasteiger partial charge in [0.15, 0.2) is 5.54 Å². The number of imide groups is 1. The Morgan fingerprint density at radius 3 is 2.57 bits per heavy atom. The Kier molecular flexibility index (Phi) is 1.73. The molecule has 0 saturated carbocycles. The molecule has 1 spiro atoms. The fraction of sp³-hybridized carbons (Fsp3) is 0.625. The summed E-state index contributed by atoms with van der Waals surface area (Å²) in [5.74, 6) is -0.327. The molecule has 0 unspecified atom stereocenters. The summed E-state index contributed by atoms with van der Waals surface area (Å²) in [6, 6.07) is -0.474. The molecule has 2 fully saturated rings. The van der Waals surface area contributed by atoms with Gasteiger partial charge in [0.2, 0.25) is 5.91 Å². The highest BCUT2D eigenvalue weighted by atomic mass is 16.2. The van der Waals surface area contributed by atoms with E-state index >= 15 is 0 Å². The van der Waals surface area contributed by atoms with E-state index in [1.807, 2.05) is 0 Å². The fourth-order valence-corrected chi connectivity index (χ4v) is 1.76. The molecule has 2 aliphatic rings. The van der Waals surface area contributed by atoms with Crippen molar-refractivity contribution in [1.29, 1.82) is 0 Å². The quantitative estimate of drug-likeness (QED) is 0.519. The Morgan fingerprint density at radius 1 is 1.50 bits per heavy atom. The summed E-state index contributed by atoms with van der Waals surface area (Å²) < 4.78 is 0. The first-order chi connectivity index (χ1) is 6.57. The lowest BCUT2D eigenvalue weighted by molar-refractivity contribution is -0.144. The van der Waals surface area contributed by atoms with Gasteiger partial charge < -0.3 is 10.2 Å². The number of nitrogens with zero attached hydrogens (tertiary/aromatic N) is 1. The third-order valence-electron chi connectivity index (χ3n) is 2.59.